The Labute approximate surface area is 93.7 Å². The van der Waals surface area contributed by atoms with Gasteiger partial charge in [-0.15, -0.1) is 0 Å². The third kappa shape index (κ3) is 10.2. The van der Waals surface area contributed by atoms with Gasteiger partial charge in [-0.1, -0.05) is 0 Å². The van der Waals surface area contributed by atoms with E-state index in [1.165, 1.54) is 20.8 Å². The van der Waals surface area contributed by atoms with E-state index in [-0.39, 0.29) is 0 Å². The molecule has 0 aromatic rings. The van der Waals surface area contributed by atoms with Gasteiger partial charge in [-0.25, -0.2) is 0 Å². The fourth-order valence-corrected chi connectivity index (χ4v) is 0.534. The summed E-state index contributed by atoms with van der Waals surface area (Å²) < 4.78 is 14.1. The first-order chi connectivity index (χ1) is 7.41. The van der Waals surface area contributed by atoms with Crippen molar-refractivity contribution in [3.05, 3.63) is 0 Å². The van der Waals surface area contributed by atoms with Crippen LogP contribution >= 0.6 is 0 Å². The van der Waals surface area contributed by atoms with Gasteiger partial charge in [-0.2, -0.15) is 16.4 Å². The molecular formula is C6H18BN3O6. The summed E-state index contributed by atoms with van der Waals surface area (Å²) in [5.41, 5.74) is 6.47. The van der Waals surface area contributed by atoms with Crippen molar-refractivity contribution in [2.45, 2.75) is 39.5 Å². The highest BCUT2D eigenvalue weighted by Gasteiger charge is 2.25. The number of hydrogen-bond acceptors (Lipinski definition) is 9. The fourth-order valence-electron chi connectivity index (χ4n) is 0.534. The van der Waals surface area contributed by atoms with E-state index in [0.29, 0.717) is 0 Å². The summed E-state index contributed by atoms with van der Waals surface area (Å²) >= 11 is 0. The van der Waals surface area contributed by atoms with Gasteiger partial charge in [0.15, 0.2) is 0 Å². The second kappa shape index (κ2) is 8.81. The highest BCUT2D eigenvalue weighted by molar-refractivity contribution is 6.35. The number of aliphatic hydroxyl groups is 3. The molecule has 16 heavy (non-hydrogen) atoms. The minimum absolute atomic E-state index is 0.937. The van der Waals surface area contributed by atoms with Crippen molar-refractivity contribution in [2.24, 2.45) is 0 Å². The van der Waals surface area contributed by atoms with Gasteiger partial charge < -0.3 is 15.3 Å². The van der Waals surface area contributed by atoms with Gasteiger partial charge in [0, 0.05) is 0 Å². The summed E-state index contributed by atoms with van der Waals surface area (Å²) in [6, 6.07) is 0. The molecule has 6 N–H and O–H groups in total. The quantitative estimate of drug-likeness (QED) is 0.148. The number of hydroxylamine groups is 3. The van der Waals surface area contributed by atoms with Crippen molar-refractivity contribution < 1.29 is 29.6 Å². The Bertz CT molecular complexity index is 144. The Hall–Kier alpha value is -0.295. The molecule has 9 nitrogen and oxygen atoms in total. The Kier molecular flexibility index (Phi) is 8.65. The second-order valence-electron chi connectivity index (χ2n) is 3.02. The molecule has 0 spiro atoms. The molecule has 0 aliphatic carbocycles. The molecule has 0 aromatic carbocycles. The lowest BCUT2D eigenvalue weighted by atomic mass is 10.3. The van der Waals surface area contributed by atoms with Gasteiger partial charge in [0.05, 0.1) is 0 Å². The standard InChI is InChI=1S/C6H18BN3O6/c1-4(11)8-14-7(15-9-5(2)12)16-10-6(3)13/h4-6,8-13H,1-3H3. The molecule has 0 fully saturated rings. The number of hydrogen-bond donors (Lipinski definition) is 6. The molecule has 0 radical (unpaired) electrons. The van der Waals surface area contributed by atoms with Crippen LogP contribution in [-0.4, -0.2) is 41.3 Å². The number of rotatable bonds is 9. The zero-order valence-electron chi connectivity index (χ0n) is 9.38. The number of nitrogens with one attached hydrogen (secondary N) is 3. The van der Waals surface area contributed by atoms with Crippen LogP contribution in [0, 0.1) is 0 Å². The lowest BCUT2D eigenvalue weighted by Gasteiger charge is -2.17. The Balaban J connectivity index is 3.85. The van der Waals surface area contributed by atoms with Crippen LogP contribution in [0.5, 0.6) is 0 Å². The van der Waals surface area contributed by atoms with Crippen molar-refractivity contribution in [2.75, 3.05) is 0 Å². The van der Waals surface area contributed by atoms with Crippen molar-refractivity contribution in [3.8, 4) is 0 Å². The molecule has 0 bridgehead atoms. The number of aliphatic hydroxyl groups excluding tert-OH is 3. The van der Waals surface area contributed by atoms with Crippen molar-refractivity contribution in [3.63, 3.8) is 0 Å². The molecular weight excluding hydrogens is 221 g/mol. The minimum atomic E-state index is -1.32. The maximum Gasteiger partial charge on any atom is 0.692 e. The van der Waals surface area contributed by atoms with Crippen LogP contribution in [0.2, 0.25) is 0 Å². The first-order valence-electron chi connectivity index (χ1n) is 4.69. The predicted molar refractivity (Wildman–Crippen MR) is 53.5 cm³/mol. The van der Waals surface area contributed by atoms with Gasteiger partial charge in [0.1, 0.15) is 18.7 Å². The van der Waals surface area contributed by atoms with E-state index in [4.69, 9.17) is 29.6 Å². The molecule has 3 atom stereocenters. The van der Waals surface area contributed by atoms with Crippen molar-refractivity contribution >= 4 is 7.32 Å². The normalized spacial score (nSPS) is 16.9. The van der Waals surface area contributed by atoms with Gasteiger partial charge in [0.25, 0.3) is 0 Å². The highest BCUT2D eigenvalue weighted by atomic mass is 16.9. The van der Waals surface area contributed by atoms with E-state index < -0.39 is 26.0 Å². The van der Waals surface area contributed by atoms with E-state index in [1.54, 1.807) is 0 Å². The lowest BCUT2D eigenvalue weighted by Crippen LogP contribution is -2.46. The Morgan fingerprint density at radius 1 is 0.750 bits per heavy atom. The van der Waals surface area contributed by atoms with Gasteiger partial charge in [0.2, 0.25) is 0 Å². The topological polar surface area (TPSA) is 124 Å². The molecule has 96 valence electrons. The largest absolute Gasteiger partial charge is 0.692 e. The van der Waals surface area contributed by atoms with Crippen LogP contribution in [0.4, 0.5) is 0 Å². The average molecular weight is 239 g/mol. The van der Waals surface area contributed by atoms with Crippen molar-refractivity contribution in [1.29, 1.82) is 0 Å². The van der Waals surface area contributed by atoms with E-state index >= 15 is 0 Å². The predicted octanol–water partition coefficient (Wildman–Crippen LogP) is -2.45. The first-order valence-corrected chi connectivity index (χ1v) is 4.69. The zero-order chi connectivity index (χ0) is 12.6. The monoisotopic (exact) mass is 239 g/mol. The summed E-state index contributed by atoms with van der Waals surface area (Å²) in [6.07, 6.45) is -2.81. The molecule has 0 aliphatic rings. The van der Waals surface area contributed by atoms with Gasteiger partial charge in [-0.3, -0.25) is 14.3 Å². The molecule has 0 saturated heterocycles. The second-order valence-corrected chi connectivity index (χ2v) is 3.02. The van der Waals surface area contributed by atoms with E-state index in [0.717, 1.165) is 0 Å². The lowest BCUT2D eigenvalue weighted by molar-refractivity contribution is -0.0880. The maximum atomic E-state index is 8.87. The van der Waals surface area contributed by atoms with Gasteiger partial charge in [-0.05, 0) is 20.8 Å². The molecule has 0 saturated carbocycles. The van der Waals surface area contributed by atoms with Gasteiger partial charge >= 0.3 is 7.32 Å². The third-order valence-corrected chi connectivity index (χ3v) is 1.00. The summed E-state index contributed by atoms with van der Waals surface area (Å²) in [4.78, 5) is 0. The van der Waals surface area contributed by atoms with Crippen LogP contribution in [0.1, 0.15) is 20.8 Å². The van der Waals surface area contributed by atoms with Crippen LogP contribution in [-0.2, 0) is 14.3 Å². The van der Waals surface area contributed by atoms with E-state index in [9.17, 15) is 0 Å². The SMILES string of the molecule is CC(O)NOB(ONC(C)O)ONC(C)O. The third-order valence-electron chi connectivity index (χ3n) is 1.00. The molecule has 0 aromatic heterocycles. The average Bonchev–Trinajstić information content (AvgIpc) is 2.15. The summed E-state index contributed by atoms with van der Waals surface area (Å²) in [7, 11) is -1.32. The molecule has 10 heteroatoms. The van der Waals surface area contributed by atoms with Crippen LogP contribution in [0.15, 0.2) is 0 Å². The first kappa shape index (κ1) is 15.7. The molecule has 0 aliphatic heterocycles. The Morgan fingerprint density at radius 3 is 1.19 bits per heavy atom. The van der Waals surface area contributed by atoms with Crippen LogP contribution in [0.3, 0.4) is 0 Å². The summed E-state index contributed by atoms with van der Waals surface area (Å²) in [6.45, 7) is 4.25. The fraction of sp³-hybridized carbons (Fsp3) is 1.00. The molecule has 3 unspecified atom stereocenters. The minimum Gasteiger partial charge on any atom is -0.377 e. The highest BCUT2D eigenvalue weighted by Crippen LogP contribution is 1.89. The van der Waals surface area contributed by atoms with Crippen LogP contribution < -0.4 is 16.4 Å². The molecule has 0 rings (SSSR count). The summed E-state index contributed by atoms with van der Waals surface area (Å²) in [5.74, 6) is 0. The maximum absolute atomic E-state index is 8.87. The molecule has 0 heterocycles. The smallest absolute Gasteiger partial charge is 0.377 e. The van der Waals surface area contributed by atoms with E-state index in [1.807, 2.05) is 0 Å². The summed E-state index contributed by atoms with van der Waals surface area (Å²) in [5, 5.41) is 26.6. The van der Waals surface area contributed by atoms with Crippen LogP contribution in [0.25, 0.3) is 0 Å². The van der Waals surface area contributed by atoms with E-state index in [2.05, 4.69) is 16.4 Å². The molecule has 0 amide bonds. The van der Waals surface area contributed by atoms with Crippen molar-refractivity contribution in [1.82, 2.24) is 16.4 Å². The zero-order valence-corrected chi connectivity index (χ0v) is 9.38. The Morgan fingerprint density at radius 2 is 1.00 bits per heavy atom.